The van der Waals surface area contributed by atoms with E-state index in [2.05, 4.69) is 5.32 Å². The van der Waals surface area contributed by atoms with Gasteiger partial charge in [0.2, 0.25) is 5.91 Å². The van der Waals surface area contributed by atoms with E-state index in [4.69, 9.17) is 5.11 Å². The first-order chi connectivity index (χ1) is 9.45. The van der Waals surface area contributed by atoms with Gasteiger partial charge in [-0.15, -0.1) is 0 Å². The topological polar surface area (TPSA) is 69.6 Å². The fourth-order valence-corrected chi connectivity index (χ4v) is 1.93. The van der Waals surface area contributed by atoms with Gasteiger partial charge in [-0.3, -0.25) is 4.79 Å². The normalized spacial score (nSPS) is 12.0. The molecule has 0 aliphatic heterocycles. The van der Waals surface area contributed by atoms with Crippen molar-refractivity contribution >= 4 is 17.6 Å². The zero-order chi connectivity index (χ0) is 15.1. The summed E-state index contributed by atoms with van der Waals surface area (Å²) in [7, 11) is 0. The Hall–Kier alpha value is -2.04. The Morgan fingerprint density at radius 2 is 1.85 bits per heavy atom. The zero-order valence-electron chi connectivity index (χ0n) is 12.2. The minimum absolute atomic E-state index is 0.150. The number of aliphatic carboxylic acids is 1. The quantitative estimate of drug-likeness (QED) is 0.797. The van der Waals surface area contributed by atoms with E-state index in [9.17, 15) is 9.59 Å². The van der Waals surface area contributed by atoms with Gasteiger partial charge in [0.05, 0.1) is 6.54 Å². The molecule has 0 saturated heterocycles. The highest BCUT2D eigenvalue weighted by Gasteiger charge is 2.24. The molecule has 1 aromatic rings. The molecule has 0 fully saturated rings. The number of carbonyl (C=O) groups excluding carboxylic acids is 1. The number of carboxylic acids is 1. The molecule has 1 aromatic carbocycles. The zero-order valence-corrected chi connectivity index (χ0v) is 12.2. The number of hydrogen-bond acceptors (Lipinski definition) is 3. The summed E-state index contributed by atoms with van der Waals surface area (Å²) in [5.41, 5.74) is 0.946. The van der Waals surface area contributed by atoms with E-state index in [0.717, 1.165) is 5.69 Å². The van der Waals surface area contributed by atoms with Gasteiger partial charge in [0.25, 0.3) is 0 Å². The number of carbonyl (C=O) groups is 2. The lowest BCUT2D eigenvalue weighted by Crippen LogP contribution is -2.48. The molecule has 5 heteroatoms. The Bertz CT molecular complexity index is 446. The number of benzene rings is 1. The largest absolute Gasteiger partial charge is 0.480 e. The first-order valence-electron chi connectivity index (χ1n) is 6.77. The second-order valence-electron chi connectivity index (χ2n) is 4.98. The summed E-state index contributed by atoms with van der Waals surface area (Å²) >= 11 is 0. The van der Waals surface area contributed by atoms with E-state index in [1.807, 2.05) is 42.2 Å². The van der Waals surface area contributed by atoms with Crippen molar-refractivity contribution in [2.45, 2.75) is 26.8 Å². The summed E-state index contributed by atoms with van der Waals surface area (Å²) < 4.78 is 0. The summed E-state index contributed by atoms with van der Waals surface area (Å²) in [6.07, 6.45) is 0. The number of nitrogens with zero attached hydrogens (tertiary/aromatic N) is 1. The van der Waals surface area contributed by atoms with Crippen LogP contribution in [0.15, 0.2) is 30.3 Å². The fraction of sp³-hybridized carbons (Fsp3) is 0.467. The molecule has 1 unspecified atom stereocenters. The molecule has 0 aliphatic carbocycles. The fourth-order valence-electron chi connectivity index (χ4n) is 1.93. The van der Waals surface area contributed by atoms with Crippen molar-refractivity contribution in [1.29, 1.82) is 0 Å². The Balaban J connectivity index is 2.66. The summed E-state index contributed by atoms with van der Waals surface area (Å²) in [5.74, 6) is -1.43. The molecule has 0 aliphatic rings. The molecule has 2 N–H and O–H groups in total. The Kier molecular flexibility index (Phi) is 6.03. The highest BCUT2D eigenvalue weighted by Crippen LogP contribution is 2.12. The van der Waals surface area contributed by atoms with Crippen LogP contribution in [0.2, 0.25) is 0 Å². The second kappa shape index (κ2) is 7.53. The predicted octanol–water partition coefficient (Wildman–Crippen LogP) is 1.74. The molecule has 110 valence electrons. The maximum absolute atomic E-state index is 12.0. The van der Waals surface area contributed by atoms with Crippen LogP contribution in [0.4, 0.5) is 5.69 Å². The summed E-state index contributed by atoms with van der Waals surface area (Å²) in [6, 6.07) is 8.73. The molecule has 1 atom stereocenters. The number of nitrogens with one attached hydrogen (secondary N) is 1. The third-order valence-electron chi connectivity index (χ3n) is 3.09. The van der Waals surface area contributed by atoms with E-state index in [0.29, 0.717) is 6.54 Å². The Morgan fingerprint density at radius 1 is 1.25 bits per heavy atom. The van der Waals surface area contributed by atoms with E-state index in [1.54, 1.807) is 13.8 Å². The van der Waals surface area contributed by atoms with Crippen molar-refractivity contribution in [3.05, 3.63) is 30.3 Å². The molecule has 0 aromatic heterocycles. The maximum atomic E-state index is 12.0. The third-order valence-corrected chi connectivity index (χ3v) is 3.09. The van der Waals surface area contributed by atoms with Gasteiger partial charge in [0, 0.05) is 12.2 Å². The van der Waals surface area contributed by atoms with Gasteiger partial charge in [-0.2, -0.15) is 0 Å². The second-order valence-corrected chi connectivity index (χ2v) is 4.98. The smallest absolute Gasteiger partial charge is 0.326 e. The van der Waals surface area contributed by atoms with Crippen molar-refractivity contribution in [2.24, 2.45) is 5.92 Å². The van der Waals surface area contributed by atoms with Crippen LogP contribution in [0.25, 0.3) is 0 Å². The van der Waals surface area contributed by atoms with E-state index < -0.39 is 12.0 Å². The van der Waals surface area contributed by atoms with E-state index in [-0.39, 0.29) is 18.4 Å². The molecule has 0 bridgehead atoms. The number of amides is 1. The van der Waals surface area contributed by atoms with Crippen molar-refractivity contribution < 1.29 is 14.7 Å². The summed E-state index contributed by atoms with van der Waals surface area (Å²) in [6.45, 7) is 6.33. The number of carboxylic acid groups (broad SMARTS) is 1. The van der Waals surface area contributed by atoms with Gasteiger partial charge in [0.1, 0.15) is 6.04 Å². The standard InChI is InChI=1S/C15H22N2O3/c1-4-17(12-8-6-5-7-9-12)10-13(18)16-14(11(2)3)15(19)20/h5-9,11,14H,4,10H2,1-3H3,(H,16,18)(H,19,20). The Morgan fingerprint density at radius 3 is 2.30 bits per heavy atom. The van der Waals surface area contributed by atoms with Crippen molar-refractivity contribution in [2.75, 3.05) is 18.0 Å². The van der Waals surface area contributed by atoms with Crippen LogP contribution in [0.3, 0.4) is 0 Å². The van der Waals surface area contributed by atoms with Gasteiger partial charge in [-0.1, -0.05) is 32.0 Å². The van der Waals surface area contributed by atoms with E-state index >= 15 is 0 Å². The van der Waals surface area contributed by atoms with Crippen molar-refractivity contribution in [3.8, 4) is 0 Å². The van der Waals surface area contributed by atoms with Gasteiger partial charge in [-0.05, 0) is 25.0 Å². The highest BCUT2D eigenvalue weighted by atomic mass is 16.4. The van der Waals surface area contributed by atoms with Crippen molar-refractivity contribution in [3.63, 3.8) is 0 Å². The average molecular weight is 278 g/mol. The molecular weight excluding hydrogens is 256 g/mol. The minimum atomic E-state index is -1.00. The van der Waals surface area contributed by atoms with Crippen LogP contribution >= 0.6 is 0 Å². The third kappa shape index (κ3) is 4.57. The highest BCUT2D eigenvalue weighted by molar-refractivity contribution is 5.86. The first-order valence-corrected chi connectivity index (χ1v) is 6.77. The molecule has 0 spiro atoms. The van der Waals surface area contributed by atoms with Gasteiger partial charge in [0.15, 0.2) is 0 Å². The van der Waals surface area contributed by atoms with Crippen LogP contribution < -0.4 is 10.2 Å². The predicted molar refractivity (Wildman–Crippen MR) is 78.7 cm³/mol. The monoisotopic (exact) mass is 278 g/mol. The van der Waals surface area contributed by atoms with Crippen LogP contribution in [0.5, 0.6) is 0 Å². The molecule has 0 heterocycles. The molecule has 20 heavy (non-hydrogen) atoms. The van der Waals surface area contributed by atoms with Gasteiger partial charge in [-0.25, -0.2) is 4.79 Å². The van der Waals surface area contributed by atoms with Crippen LogP contribution in [-0.2, 0) is 9.59 Å². The lowest BCUT2D eigenvalue weighted by atomic mass is 10.0. The molecule has 1 amide bonds. The lowest BCUT2D eigenvalue weighted by molar-refractivity contribution is -0.142. The molecule has 0 saturated carbocycles. The Labute approximate surface area is 119 Å². The summed E-state index contributed by atoms with van der Waals surface area (Å²) in [4.78, 5) is 25.0. The van der Waals surface area contributed by atoms with Crippen LogP contribution in [0.1, 0.15) is 20.8 Å². The number of anilines is 1. The summed E-state index contributed by atoms with van der Waals surface area (Å²) in [5, 5.41) is 11.6. The number of hydrogen-bond donors (Lipinski definition) is 2. The number of para-hydroxylation sites is 1. The molecular formula is C15H22N2O3. The number of rotatable bonds is 7. The van der Waals surface area contributed by atoms with Gasteiger partial charge >= 0.3 is 5.97 Å². The van der Waals surface area contributed by atoms with Crippen LogP contribution in [0, 0.1) is 5.92 Å². The number of likely N-dealkylation sites (N-methyl/N-ethyl adjacent to an activating group) is 1. The molecule has 0 radical (unpaired) electrons. The lowest BCUT2D eigenvalue weighted by Gasteiger charge is -2.24. The van der Waals surface area contributed by atoms with Gasteiger partial charge < -0.3 is 15.3 Å². The van der Waals surface area contributed by atoms with E-state index in [1.165, 1.54) is 0 Å². The average Bonchev–Trinajstić information content (AvgIpc) is 2.42. The molecule has 1 rings (SSSR count). The maximum Gasteiger partial charge on any atom is 0.326 e. The van der Waals surface area contributed by atoms with Crippen molar-refractivity contribution in [1.82, 2.24) is 5.32 Å². The van der Waals surface area contributed by atoms with Crippen LogP contribution in [-0.4, -0.2) is 36.1 Å². The molecule has 5 nitrogen and oxygen atoms in total. The minimum Gasteiger partial charge on any atom is -0.480 e. The first kappa shape index (κ1) is 16.0. The SMILES string of the molecule is CCN(CC(=O)NC(C(=O)O)C(C)C)c1ccccc1.